The van der Waals surface area contributed by atoms with E-state index in [2.05, 4.69) is 10.3 Å². The molecule has 1 aromatic carbocycles. The third-order valence-electron chi connectivity index (χ3n) is 3.27. The number of nitrogens with one attached hydrogen (secondary N) is 1. The second kappa shape index (κ2) is 4.76. The third kappa shape index (κ3) is 2.10. The smallest absolute Gasteiger partial charge is 0.246 e. The maximum Gasteiger partial charge on any atom is 0.246 e. The summed E-state index contributed by atoms with van der Waals surface area (Å²) >= 11 is 6.25. The largest absolute Gasteiger partial charge is 0.374 e. The summed E-state index contributed by atoms with van der Waals surface area (Å²) in [5, 5.41) is 3.47. The molecule has 1 aromatic heterocycles. The standard InChI is InChI=1S/C14H11ClFN3O/c1-19-13-4-11(15)10(3-12(13)18-7-14(19)20)8-2-9(16)6-17-5-8/h2-6,18H,7H2,1H3. The number of benzene rings is 1. The van der Waals surface area contributed by atoms with Crippen LogP contribution in [0.4, 0.5) is 15.8 Å². The summed E-state index contributed by atoms with van der Waals surface area (Å²) in [6, 6.07) is 4.87. The molecule has 3 rings (SSSR count). The summed E-state index contributed by atoms with van der Waals surface area (Å²) in [6.45, 7) is 0.228. The van der Waals surface area contributed by atoms with Crippen LogP contribution in [0, 0.1) is 5.82 Å². The van der Waals surface area contributed by atoms with Gasteiger partial charge in [-0.25, -0.2) is 4.39 Å². The lowest BCUT2D eigenvalue weighted by Crippen LogP contribution is -2.36. The maximum absolute atomic E-state index is 13.3. The van der Waals surface area contributed by atoms with Crippen LogP contribution in [0.2, 0.25) is 5.02 Å². The van der Waals surface area contributed by atoms with Crippen molar-refractivity contribution >= 4 is 28.9 Å². The Morgan fingerprint density at radius 3 is 2.90 bits per heavy atom. The molecule has 1 N–H and O–H groups in total. The molecule has 0 aliphatic carbocycles. The van der Waals surface area contributed by atoms with Gasteiger partial charge in [-0.15, -0.1) is 0 Å². The fourth-order valence-corrected chi connectivity index (χ4v) is 2.45. The number of pyridine rings is 1. The van der Waals surface area contributed by atoms with Crippen LogP contribution in [0.5, 0.6) is 0 Å². The number of amides is 1. The lowest BCUT2D eigenvalue weighted by atomic mass is 10.0. The van der Waals surface area contributed by atoms with E-state index in [9.17, 15) is 9.18 Å². The molecule has 4 nitrogen and oxygen atoms in total. The van der Waals surface area contributed by atoms with Crippen molar-refractivity contribution in [3.8, 4) is 11.1 Å². The highest BCUT2D eigenvalue weighted by Crippen LogP contribution is 2.38. The van der Waals surface area contributed by atoms with Gasteiger partial charge in [0.05, 0.1) is 29.1 Å². The van der Waals surface area contributed by atoms with Crippen molar-refractivity contribution in [2.24, 2.45) is 0 Å². The number of anilines is 2. The molecule has 0 unspecified atom stereocenters. The molecule has 6 heteroatoms. The number of rotatable bonds is 1. The summed E-state index contributed by atoms with van der Waals surface area (Å²) < 4.78 is 13.3. The number of aromatic nitrogens is 1. The molecule has 0 bridgehead atoms. The van der Waals surface area contributed by atoms with Gasteiger partial charge >= 0.3 is 0 Å². The van der Waals surface area contributed by atoms with Crippen LogP contribution in [0.3, 0.4) is 0 Å². The second-order valence-corrected chi connectivity index (χ2v) is 4.95. The maximum atomic E-state index is 13.3. The molecule has 1 amide bonds. The monoisotopic (exact) mass is 291 g/mol. The Morgan fingerprint density at radius 1 is 1.35 bits per heavy atom. The molecule has 0 saturated heterocycles. The number of likely N-dealkylation sites (N-methyl/N-ethyl adjacent to an activating group) is 1. The Balaban J connectivity index is 2.13. The van der Waals surface area contributed by atoms with Crippen molar-refractivity contribution in [2.45, 2.75) is 0 Å². The first-order valence-electron chi connectivity index (χ1n) is 6.01. The Morgan fingerprint density at radius 2 is 2.15 bits per heavy atom. The summed E-state index contributed by atoms with van der Waals surface area (Å²) in [4.78, 5) is 17.0. The van der Waals surface area contributed by atoms with Crippen molar-refractivity contribution in [1.29, 1.82) is 0 Å². The van der Waals surface area contributed by atoms with Crippen LogP contribution >= 0.6 is 11.6 Å². The average molecular weight is 292 g/mol. The Kier molecular flexibility index (Phi) is 3.06. The van der Waals surface area contributed by atoms with E-state index in [0.29, 0.717) is 21.8 Å². The van der Waals surface area contributed by atoms with E-state index in [-0.39, 0.29) is 12.5 Å². The molecule has 2 aromatic rings. The van der Waals surface area contributed by atoms with E-state index < -0.39 is 5.82 Å². The van der Waals surface area contributed by atoms with Gasteiger partial charge in [0.2, 0.25) is 5.91 Å². The first-order chi connectivity index (χ1) is 9.56. The normalized spacial score (nSPS) is 13.9. The third-order valence-corrected chi connectivity index (χ3v) is 3.58. The number of nitrogens with zero attached hydrogens (tertiary/aromatic N) is 2. The topological polar surface area (TPSA) is 45.2 Å². The molecule has 0 spiro atoms. The molecule has 1 aliphatic heterocycles. The van der Waals surface area contributed by atoms with Crippen LogP contribution < -0.4 is 10.2 Å². The van der Waals surface area contributed by atoms with Crippen molar-refractivity contribution in [2.75, 3.05) is 23.8 Å². The van der Waals surface area contributed by atoms with E-state index in [0.717, 1.165) is 11.9 Å². The molecular formula is C14H11ClFN3O. The molecule has 0 saturated carbocycles. The van der Waals surface area contributed by atoms with E-state index in [1.54, 1.807) is 30.3 Å². The number of halogens is 2. The number of fused-ring (bicyclic) bond motifs is 1. The van der Waals surface area contributed by atoms with Crippen molar-refractivity contribution in [3.63, 3.8) is 0 Å². The summed E-state index contributed by atoms with van der Waals surface area (Å²) in [5.41, 5.74) is 2.77. The Bertz CT molecular complexity index is 705. The first kappa shape index (κ1) is 12.9. The quantitative estimate of drug-likeness (QED) is 0.879. The minimum atomic E-state index is -0.420. The predicted molar refractivity (Wildman–Crippen MR) is 76.5 cm³/mol. The van der Waals surface area contributed by atoms with Gasteiger partial charge in [0.25, 0.3) is 0 Å². The number of hydrogen-bond acceptors (Lipinski definition) is 3. The Labute approximate surface area is 120 Å². The highest BCUT2D eigenvalue weighted by Gasteiger charge is 2.22. The van der Waals surface area contributed by atoms with Gasteiger partial charge in [0.15, 0.2) is 0 Å². The Hall–Kier alpha value is -2.14. The zero-order valence-corrected chi connectivity index (χ0v) is 11.4. The molecule has 102 valence electrons. The van der Waals surface area contributed by atoms with E-state index in [1.807, 2.05) is 0 Å². The molecule has 20 heavy (non-hydrogen) atoms. The highest BCUT2D eigenvalue weighted by atomic mass is 35.5. The van der Waals surface area contributed by atoms with Crippen molar-refractivity contribution < 1.29 is 9.18 Å². The van der Waals surface area contributed by atoms with E-state index in [4.69, 9.17) is 11.6 Å². The highest BCUT2D eigenvalue weighted by molar-refractivity contribution is 6.34. The van der Waals surface area contributed by atoms with Gasteiger partial charge in [0.1, 0.15) is 5.82 Å². The molecular weight excluding hydrogens is 281 g/mol. The minimum absolute atomic E-state index is 0.0336. The SMILES string of the molecule is CN1C(=O)CNc2cc(-c3cncc(F)c3)c(Cl)cc21. The fourth-order valence-electron chi connectivity index (χ4n) is 2.19. The predicted octanol–water partition coefficient (Wildman–Crippen LogP) is 2.93. The van der Waals surface area contributed by atoms with Crippen molar-refractivity contribution in [3.05, 3.63) is 41.4 Å². The van der Waals surface area contributed by atoms with Gasteiger partial charge < -0.3 is 10.2 Å². The van der Waals surface area contributed by atoms with E-state index in [1.165, 1.54) is 6.07 Å². The van der Waals surface area contributed by atoms with Crippen LogP contribution in [-0.4, -0.2) is 24.5 Å². The zero-order chi connectivity index (χ0) is 14.3. The lowest BCUT2D eigenvalue weighted by Gasteiger charge is -2.27. The van der Waals surface area contributed by atoms with Crippen molar-refractivity contribution in [1.82, 2.24) is 4.98 Å². The van der Waals surface area contributed by atoms with Gasteiger partial charge in [-0.3, -0.25) is 9.78 Å². The fraction of sp³-hybridized carbons (Fsp3) is 0.143. The lowest BCUT2D eigenvalue weighted by molar-refractivity contribution is -0.116. The average Bonchev–Trinajstić information content (AvgIpc) is 2.43. The number of hydrogen-bond donors (Lipinski definition) is 1. The first-order valence-corrected chi connectivity index (χ1v) is 6.39. The molecule has 0 radical (unpaired) electrons. The zero-order valence-electron chi connectivity index (χ0n) is 10.7. The van der Waals surface area contributed by atoms with Gasteiger partial charge in [0, 0.05) is 24.4 Å². The van der Waals surface area contributed by atoms with Gasteiger partial charge in [-0.1, -0.05) is 11.6 Å². The minimum Gasteiger partial charge on any atom is -0.374 e. The van der Waals surface area contributed by atoms with E-state index >= 15 is 0 Å². The summed E-state index contributed by atoms with van der Waals surface area (Å²) in [6.07, 6.45) is 2.69. The van der Waals surface area contributed by atoms with Gasteiger partial charge in [-0.05, 0) is 18.2 Å². The molecule has 0 atom stereocenters. The van der Waals surface area contributed by atoms with Crippen LogP contribution in [0.25, 0.3) is 11.1 Å². The molecule has 2 heterocycles. The van der Waals surface area contributed by atoms with Crippen LogP contribution in [0.15, 0.2) is 30.6 Å². The van der Waals surface area contributed by atoms with Gasteiger partial charge in [-0.2, -0.15) is 0 Å². The van der Waals surface area contributed by atoms with Crippen LogP contribution in [-0.2, 0) is 4.79 Å². The number of carbonyl (C=O) groups excluding carboxylic acids is 1. The number of carbonyl (C=O) groups is 1. The van der Waals surface area contributed by atoms with Crippen LogP contribution in [0.1, 0.15) is 0 Å². The summed E-state index contributed by atoms with van der Waals surface area (Å²) in [7, 11) is 1.70. The summed E-state index contributed by atoms with van der Waals surface area (Å²) in [5.74, 6) is -0.453. The second-order valence-electron chi connectivity index (χ2n) is 4.55. The molecule has 1 aliphatic rings. The molecule has 0 fully saturated rings.